The lowest BCUT2D eigenvalue weighted by atomic mass is 10.0. The molecule has 3 heteroatoms. The third kappa shape index (κ3) is 6.08. The van der Waals surface area contributed by atoms with E-state index in [1.165, 1.54) is 12.0 Å². The van der Waals surface area contributed by atoms with Crippen molar-refractivity contribution in [3.05, 3.63) is 29.8 Å². The van der Waals surface area contributed by atoms with Crippen molar-refractivity contribution in [3.63, 3.8) is 0 Å². The van der Waals surface area contributed by atoms with Crippen LogP contribution < -0.4 is 10.1 Å². The minimum absolute atomic E-state index is 0.514. The first kappa shape index (κ1) is 16.5. The van der Waals surface area contributed by atoms with Gasteiger partial charge in [0.25, 0.3) is 0 Å². The van der Waals surface area contributed by atoms with E-state index in [9.17, 15) is 0 Å². The molecule has 0 bridgehead atoms. The smallest absolute Gasteiger partial charge is 0.119 e. The first-order chi connectivity index (χ1) is 9.67. The molecular formula is C17H26N2O. The fourth-order valence-corrected chi connectivity index (χ4v) is 1.92. The zero-order valence-electron chi connectivity index (χ0n) is 12.9. The SMILES string of the molecule is CCC(C)C(C)NCc1cccc(OCCCC#N)c1. The molecule has 0 aromatic heterocycles. The lowest BCUT2D eigenvalue weighted by Gasteiger charge is -2.20. The Labute approximate surface area is 123 Å². The summed E-state index contributed by atoms with van der Waals surface area (Å²) in [5.74, 6) is 1.57. The third-order valence-electron chi connectivity index (χ3n) is 3.73. The van der Waals surface area contributed by atoms with Crippen molar-refractivity contribution in [3.8, 4) is 11.8 Å². The molecule has 2 atom stereocenters. The molecule has 0 aliphatic carbocycles. The molecule has 0 heterocycles. The molecule has 2 unspecified atom stereocenters. The van der Waals surface area contributed by atoms with Gasteiger partial charge in [-0.1, -0.05) is 32.4 Å². The van der Waals surface area contributed by atoms with Gasteiger partial charge >= 0.3 is 0 Å². The number of rotatable bonds is 9. The first-order valence-corrected chi connectivity index (χ1v) is 7.49. The highest BCUT2D eigenvalue weighted by molar-refractivity contribution is 5.28. The van der Waals surface area contributed by atoms with Crippen LogP contribution in [-0.4, -0.2) is 12.6 Å². The molecule has 0 aliphatic rings. The lowest BCUT2D eigenvalue weighted by molar-refractivity contribution is 0.312. The Kier molecular flexibility index (Phi) is 7.75. The van der Waals surface area contributed by atoms with Crippen LogP contribution in [0.4, 0.5) is 0 Å². The number of unbranched alkanes of at least 4 members (excludes halogenated alkanes) is 1. The Morgan fingerprint density at radius 2 is 2.15 bits per heavy atom. The minimum atomic E-state index is 0.514. The van der Waals surface area contributed by atoms with E-state index < -0.39 is 0 Å². The van der Waals surface area contributed by atoms with Gasteiger partial charge < -0.3 is 10.1 Å². The maximum absolute atomic E-state index is 8.48. The molecule has 1 N–H and O–H groups in total. The highest BCUT2D eigenvalue weighted by Crippen LogP contribution is 2.14. The highest BCUT2D eigenvalue weighted by Gasteiger charge is 2.09. The van der Waals surface area contributed by atoms with Crippen LogP contribution >= 0.6 is 0 Å². The quantitative estimate of drug-likeness (QED) is 0.695. The predicted octanol–water partition coefficient (Wildman–Crippen LogP) is 3.89. The van der Waals surface area contributed by atoms with E-state index in [0.29, 0.717) is 25.0 Å². The number of nitrogens with zero attached hydrogens (tertiary/aromatic N) is 1. The molecule has 3 nitrogen and oxygen atoms in total. The molecule has 0 aliphatic heterocycles. The minimum Gasteiger partial charge on any atom is -0.494 e. The normalized spacial score (nSPS) is 13.5. The largest absolute Gasteiger partial charge is 0.494 e. The topological polar surface area (TPSA) is 45.0 Å². The second-order valence-electron chi connectivity index (χ2n) is 5.31. The molecule has 0 amide bonds. The number of nitrogens with one attached hydrogen (secondary N) is 1. The fraction of sp³-hybridized carbons (Fsp3) is 0.588. The van der Waals surface area contributed by atoms with Crippen molar-refractivity contribution in [2.24, 2.45) is 5.92 Å². The van der Waals surface area contributed by atoms with Gasteiger partial charge in [-0.05, 0) is 37.0 Å². The summed E-state index contributed by atoms with van der Waals surface area (Å²) in [4.78, 5) is 0. The average Bonchev–Trinajstić information content (AvgIpc) is 2.48. The summed E-state index contributed by atoms with van der Waals surface area (Å²) in [6.07, 6.45) is 2.52. The molecule has 0 fully saturated rings. The Bertz CT molecular complexity index is 425. The monoisotopic (exact) mass is 274 g/mol. The summed E-state index contributed by atoms with van der Waals surface area (Å²) in [5, 5.41) is 12.0. The van der Waals surface area contributed by atoms with Crippen molar-refractivity contribution >= 4 is 0 Å². The van der Waals surface area contributed by atoms with Gasteiger partial charge in [0.15, 0.2) is 0 Å². The first-order valence-electron chi connectivity index (χ1n) is 7.49. The zero-order valence-corrected chi connectivity index (χ0v) is 12.9. The molecular weight excluding hydrogens is 248 g/mol. The van der Waals surface area contributed by atoms with E-state index in [1.807, 2.05) is 12.1 Å². The summed E-state index contributed by atoms with van der Waals surface area (Å²) in [6, 6.07) is 10.8. The van der Waals surface area contributed by atoms with Crippen LogP contribution in [0.25, 0.3) is 0 Å². The van der Waals surface area contributed by atoms with E-state index in [1.54, 1.807) is 0 Å². The van der Waals surface area contributed by atoms with Gasteiger partial charge in [-0.25, -0.2) is 0 Å². The summed E-state index contributed by atoms with van der Waals surface area (Å²) in [5.41, 5.74) is 1.23. The molecule has 1 rings (SSSR count). The van der Waals surface area contributed by atoms with Crippen LogP contribution in [0, 0.1) is 17.2 Å². The second-order valence-corrected chi connectivity index (χ2v) is 5.31. The van der Waals surface area contributed by atoms with Crippen LogP contribution in [0.1, 0.15) is 45.6 Å². The van der Waals surface area contributed by atoms with Gasteiger partial charge in [-0.3, -0.25) is 0 Å². The summed E-state index contributed by atoms with van der Waals surface area (Å²) >= 11 is 0. The van der Waals surface area contributed by atoms with Crippen molar-refractivity contribution in [1.29, 1.82) is 5.26 Å². The zero-order chi connectivity index (χ0) is 14.8. The Morgan fingerprint density at radius 1 is 1.35 bits per heavy atom. The van der Waals surface area contributed by atoms with Gasteiger partial charge in [0.1, 0.15) is 5.75 Å². The second kappa shape index (κ2) is 9.39. The van der Waals surface area contributed by atoms with Crippen molar-refractivity contribution in [1.82, 2.24) is 5.32 Å². The van der Waals surface area contributed by atoms with Gasteiger partial charge in [-0.15, -0.1) is 0 Å². The van der Waals surface area contributed by atoms with Gasteiger partial charge in [-0.2, -0.15) is 5.26 Å². The standard InChI is InChI=1S/C17H26N2O/c1-4-14(2)15(3)19-13-16-8-7-9-17(12-16)20-11-6-5-10-18/h7-9,12,14-15,19H,4-6,11,13H2,1-3H3. The maximum atomic E-state index is 8.48. The van der Waals surface area contributed by atoms with Crippen LogP contribution in [-0.2, 0) is 6.54 Å². The maximum Gasteiger partial charge on any atom is 0.119 e. The van der Waals surface area contributed by atoms with Crippen LogP contribution in [0.5, 0.6) is 5.75 Å². The Hall–Kier alpha value is -1.53. The predicted molar refractivity (Wildman–Crippen MR) is 82.5 cm³/mol. The molecule has 0 radical (unpaired) electrons. The van der Waals surface area contributed by atoms with Gasteiger partial charge in [0.05, 0.1) is 12.7 Å². The van der Waals surface area contributed by atoms with E-state index >= 15 is 0 Å². The molecule has 20 heavy (non-hydrogen) atoms. The van der Waals surface area contributed by atoms with Crippen molar-refractivity contribution in [2.75, 3.05) is 6.61 Å². The summed E-state index contributed by atoms with van der Waals surface area (Å²) < 4.78 is 5.65. The Balaban J connectivity index is 2.41. The molecule has 0 spiro atoms. The molecule has 1 aromatic carbocycles. The number of hydrogen-bond donors (Lipinski definition) is 1. The number of ether oxygens (including phenoxy) is 1. The number of benzene rings is 1. The molecule has 1 aromatic rings. The average molecular weight is 274 g/mol. The van der Waals surface area contributed by atoms with Gasteiger partial charge in [0, 0.05) is 19.0 Å². The highest BCUT2D eigenvalue weighted by atomic mass is 16.5. The van der Waals surface area contributed by atoms with E-state index in [4.69, 9.17) is 10.00 Å². The van der Waals surface area contributed by atoms with Crippen molar-refractivity contribution < 1.29 is 4.74 Å². The summed E-state index contributed by atoms with van der Waals surface area (Å²) in [7, 11) is 0. The van der Waals surface area contributed by atoms with Gasteiger partial charge in [0.2, 0.25) is 0 Å². The Morgan fingerprint density at radius 3 is 2.85 bits per heavy atom. The molecule has 0 saturated heterocycles. The summed E-state index contributed by atoms with van der Waals surface area (Å²) in [6.45, 7) is 8.19. The van der Waals surface area contributed by atoms with Crippen LogP contribution in [0.3, 0.4) is 0 Å². The lowest BCUT2D eigenvalue weighted by Crippen LogP contribution is -2.31. The van der Waals surface area contributed by atoms with E-state index in [0.717, 1.165) is 18.7 Å². The fourth-order valence-electron chi connectivity index (χ4n) is 1.92. The van der Waals surface area contributed by atoms with Crippen LogP contribution in [0.2, 0.25) is 0 Å². The molecule has 0 saturated carbocycles. The number of nitriles is 1. The molecule has 110 valence electrons. The van der Waals surface area contributed by atoms with E-state index in [2.05, 4.69) is 44.3 Å². The van der Waals surface area contributed by atoms with E-state index in [-0.39, 0.29) is 0 Å². The number of hydrogen-bond acceptors (Lipinski definition) is 3. The third-order valence-corrected chi connectivity index (χ3v) is 3.73. The van der Waals surface area contributed by atoms with Crippen molar-refractivity contribution in [2.45, 2.75) is 52.6 Å². The van der Waals surface area contributed by atoms with Crippen LogP contribution in [0.15, 0.2) is 24.3 Å².